The third-order valence-electron chi connectivity index (χ3n) is 15.6. The molecular weight excluding hydrogens is 885 g/mol. The molecule has 13 aromatic rings. The Kier molecular flexibility index (Phi) is 9.58. The smallest absolute Gasteiger partial charge is 0.0583 e. The lowest BCUT2D eigenvalue weighted by Gasteiger charge is -2.34. The molecule has 0 unspecified atom stereocenters. The first-order chi connectivity index (χ1) is 35.9. The van der Waals surface area contributed by atoms with Gasteiger partial charge in [-0.15, -0.1) is 0 Å². The maximum Gasteiger partial charge on any atom is 0.0583 e. The van der Waals surface area contributed by atoms with Crippen molar-refractivity contribution < 1.29 is 0 Å². The Balaban J connectivity index is 1.05. The number of allylic oxidation sites excluding steroid dienone is 5. The van der Waals surface area contributed by atoms with Crippen molar-refractivity contribution in [3.8, 4) is 50.4 Å². The molecule has 0 N–H and O–H groups in total. The highest BCUT2D eigenvalue weighted by Crippen LogP contribution is 2.50. The Morgan fingerprint density at radius 3 is 1.48 bits per heavy atom. The minimum atomic E-state index is -0.353. The first-order valence-corrected chi connectivity index (χ1v) is 25.2. The van der Waals surface area contributed by atoms with Gasteiger partial charge in [0.25, 0.3) is 0 Å². The van der Waals surface area contributed by atoms with E-state index in [2.05, 4.69) is 266 Å². The number of benzene rings is 9. The van der Waals surface area contributed by atoms with E-state index in [1.165, 1.54) is 105 Å². The molecule has 0 amide bonds. The first-order valence-electron chi connectivity index (χ1n) is 25.2. The van der Waals surface area contributed by atoms with Crippen LogP contribution in [0.5, 0.6) is 0 Å². The molecule has 0 saturated heterocycles. The quantitative estimate of drug-likeness (QED) is 0.140. The van der Waals surface area contributed by atoms with Crippen molar-refractivity contribution in [1.29, 1.82) is 0 Å². The number of fused-ring (bicyclic) bond motifs is 11. The van der Waals surface area contributed by atoms with E-state index in [-0.39, 0.29) is 5.41 Å². The zero-order valence-electron chi connectivity index (χ0n) is 41.0. The summed E-state index contributed by atoms with van der Waals surface area (Å²) in [5.41, 5.74) is 22.1. The maximum absolute atomic E-state index is 4.75. The molecule has 14 rings (SSSR count). The van der Waals surface area contributed by atoms with Gasteiger partial charge in [0, 0.05) is 67.1 Å². The van der Waals surface area contributed by atoms with Crippen LogP contribution >= 0.6 is 0 Å². The normalized spacial score (nSPS) is 13.3. The molecule has 0 bridgehead atoms. The van der Waals surface area contributed by atoms with E-state index in [0.717, 1.165) is 33.5 Å². The summed E-state index contributed by atoms with van der Waals surface area (Å²) in [6, 6.07) is 74.2. The van der Waals surface area contributed by atoms with Crippen molar-refractivity contribution in [3.05, 3.63) is 260 Å². The van der Waals surface area contributed by atoms with Crippen LogP contribution in [0.3, 0.4) is 0 Å². The van der Waals surface area contributed by atoms with Crippen molar-refractivity contribution in [1.82, 2.24) is 18.7 Å². The molecule has 0 spiro atoms. The summed E-state index contributed by atoms with van der Waals surface area (Å²) in [7, 11) is 0. The summed E-state index contributed by atoms with van der Waals surface area (Å²) in [6.45, 7) is 10.9. The van der Waals surface area contributed by atoms with Crippen LogP contribution in [-0.4, -0.2) is 18.7 Å². The van der Waals surface area contributed by atoms with Gasteiger partial charge >= 0.3 is 0 Å². The van der Waals surface area contributed by atoms with Crippen LogP contribution in [0.1, 0.15) is 37.5 Å². The van der Waals surface area contributed by atoms with Crippen LogP contribution in [0.4, 0.5) is 0 Å². The van der Waals surface area contributed by atoms with E-state index >= 15 is 0 Å². The Hall–Kier alpha value is -9.25. The van der Waals surface area contributed by atoms with Crippen LogP contribution in [0.2, 0.25) is 0 Å². The Labute approximate surface area is 424 Å². The van der Waals surface area contributed by atoms with Crippen molar-refractivity contribution in [3.63, 3.8) is 0 Å². The third-order valence-corrected chi connectivity index (χ3v) is 15.6. The van der Waals surface area contributed by atoms with Gasteiger partial charge in [-0.05, 0) is 142 Å². The van der Waals surface area contributed by atoms with Crippen molar-refractivity contribution in [2.75, 3.05) is 0 Å². The minimum Gasteiger partial charge on any atom is -0.309 e. The SMILES string of the molecule is C=C/C=C(\C=C/C)c1ccc2c(c1)c1cc(-c3ccccc3)ccc1n2-c1cc2c3c(c1)c1cc(-n4c5ccc(-c6ccccc6)cc5c5cc(-c6ccccc6)ccc54)ccc1n3-c1ccncc1C2(C)C. The molecule has 0 aliphatic carbocycles. The van der Waals surface area contributed by atoms with Crippen molar-refractivity contribution >= 4 is 71.0 Å². The summed E-state index contributed by atoms with van der Waals surface area (Å²) in [5.74, 6) is 0. The molecule has 73 heavy (non-hydrogen) atoms. The van der Waals surface area contributed by atoms with E-state index in [9.17, 15) is 0 Å². The van der Waals surface area contributed by atoms with Crippen LogP contribution in [0, 0.1) is 0 Å². The summed E-state index contributed by atoms with van der Waals surface area (Å²) in [5, 5.41) is 7.29. The predicted molar refractivity (Wildman–Crippen MR) is 309 cm³/mol. The molecular formula is C69H50N4. The molecule has 9 aromatic carbocycles. The molecule has 0 fully saturated rings. The summed E-state index contributed by atoms with van der Waals surface area (Å²) in [6.07, 6.45) is 12.2. The van der Waals surface area contributed by atoms with Gasteiger partial charge in [0.15, 0.2) is 0 Å². The van der Waals surface area contributed by atoms with Crippen LogP contribution < -0.4 is 0 Å². The van der Waals surface area contributed by atoms with E-state index in [0.29, 0.717) is 0 Å². The number of pyridine rings is 1. The van der Waals surface area contributed by atoms with Gasteiger partial charge in [-0.1, -0.05) is 160 Å². The molecule has 4 heteroatoms. The van der Waals surface area contributed by atoms with E-state index in [4.69, 9.17) is 4.98 Å². The van der Waals surface area contributed by atoms with E-state index in [1.807, 2.05) is 12.3 Å². The maximum atomic E-state index is 4.75. The minimum absolute atomic E-state index is 0.353. The van der Waals surface area contributed by atoms with Crippen LogP contribution in [0.25, 0.3) is 121 Å². The highest BCUT2D eigenvalue weighted by molar-refractivity contribution is 6.16. The Morgan fingerprint density at radius 1 is 0.452 bits per heavy atom. The fourth-order valence-corrected chi connectivity index (χ4v) is 12.1. The van der Waals surface area contributed by atoms with E-state index in [1.54, 1.807) is 0 Å². The van der Waals surface area contributed by atoms with Crippen LogP contribution in [-0.2, 0) is 5.41 Å². The molecule has 4 aromatic heterocycles. The second kappa shape index (κ2) is 16.4. The second-order valence-corrected chi connectivity index (χ2v) is 20.0. The fraction of sp³-hybridized carbons (Fsp3) is 0.0580. The highest BCUT2D eigenvalue weighted by atomic mass is 15.0. The van der Waals surface area contributed by atoms with Gasteiger partial charge in [-0.3, -0.25) is 4.98 Å². The molecule has 0 saturated carbocycles. The van der Waals surface area contributed by atoms with Crippen molar-refractivity contribution in [2.45, 2.75) is 26.2 Å². The van der Waals surface area contributed by atoms with Crippen molar-refractivity contribution in [2.24, 2.45) is 0 Å². The lowest BCUT2D eigenvalue weighted by molar-refractivity contribution is 0.626. The van der Waals surface area contributed by atoms with Gasteiger partial charge < -0.3 is 13.7 Å². The van der Waals surface area contributed by atoms with Crippen LogP contribution in [0.15, 0.2) is 243 Å². The van der Waals surface area contributed by atoms with Gasteiger partial charge in [0.1, 0.15) is 0 Å². The standard InChI is InChI=1S/C69H50N4/c1-5-16-44(17-6-2)48-24-31-64-56(36-48)57-39-51(47-22-14-9-15-23-47)27-32-65(57)72(64)53-41-59-58-40-52(28-33-66(58)73-67-34-35-70-43-61(67)69(3,4)60(42-53)68(59)73)71-62-29-25-49(45-18-10-7-11-19-45)37-54(62)55-38-50(26-30-63(55)71)46-20-12-8-13-21-46/h5-43H,1H2,2-4H3/b17-6-,44-16+. The molecule has 346 valence electrons. The zero-order chi connectivity index (χ0) is 49.0. The summed E-state index contributed by atoms with van der Waals surface area (Å²) >= 11 is 0. The number of rotatable bonds is 8. The molecule has 1 aliphatic rings. The zero-order valence-corrected chi connectivity index (χ0v) is 41.0. The third kappa shape index (κ3) is 6.50. The van der Waals surface area contributed by atoms with Gasteiger partial charge in [-0.25, -0.2) is 0 Å². The molecule has 0 atom stereocenters. The number of hydrogen-bond donors (Lipinski definition) is 0. The first kappa shape index (κ1) is 42.6. The molecule has 1 aliphatic heterocycles. The largest absolute Gasteiger partial charge is 0.309 e. The summed E-state index contributed by atoms with van der Waals surface area (Å²) in [4.78, 5) is 4.75. The Morgan fingerprint density at radius 2 is 0.932 bits per heavy atom. The molecule has 5 heterocycles. The summed E-state index contributed by atoms with van der Waals surface area (Å²) < 4.78 is 7.47. The van der Waals surface area contributed by atoms with E-state index < -0.39 is 0 Å². The highest BCUT2D eigenvalue weighted by Gasteiger charge is 2.36. The predicted octanol–water partition coefficient (Wildman–Crippen LogP) is 18.2. The average molecular weight is 935 g/mol. The second-order valence-electron chi connectivity index (χ2n) is 20.0. The topological polar surface area (TPSA) is 27.7 Å². The number of hydrogen-bond acceptors (Lipinski definition) is 1. The number of nitrogens with zero attached hydrogens (tertiary/aromatic N) is 4. The van der Waals surface area contributed by atoms with Gasteiger partial charge in [0.2, 0.25) is 0 Å². The molecule has 0 radical (unpaired) electrons. The average Bonchev–Trinajstić information content (AvgIpc) is 4.07. The lowest BCUT2D eigenvalue weighted by atomic mass is 9.75. The van der Waals surface area contributed by atoms with Gasteiger partial charge in [0.05, 0.1) is 38.8 Å². The fourth-order valence-electron chi connectivity index (χ4n) is 12.1. The lowest BCUT2D eigenvalue weighted by Crippen LogP contribution is -2.26. The van der Waals surface area contributed by atoms with Gasteiger partial charge in [-0.2, -0.15) is 0 Å². The number of aromatic nitrogens is 4. The Bertz CT molecular complexity index is 4370. The monoisotopic (exact) mass is 934 g/mol. The molecule has 4 nitrogen and oxygen atoms in total.